The summed E-state index contributed by atoms with van der Waals surface area (Å²) < 4.78 is 11.3. The van der Waals surface area contributed by atoms with Crippen molar-refractivity contribution in [2.45, 2.75) is 6.54 Å². The molecule has 0 radical (unpaired) electrons. The quantitative estimate of drug-likeness (QED) is 0.688. The Morgan fingerprint density at radius 1 is 0.793 bits per heavy atom. The van der Waals surface area contributed by atoms with E-state index < -0.39 is 0 Å². The van der Waals surface area contributed by atoms with E-state index in [1.54, 1.807) is 0 Å². The fourth-order valence-electron chi connectivity index (χ4n) is 4.06. The molecule has 1 saturated heterocycles. The average Bonchev–Trinajstić information content (AvgIpc) is 2.79. The minimum Gasteiger partial charge on any atom is -0.486 e. The third-order valence-corrected chi connectivity index (χ3v) is 5.67. The summed E-state index contributed by atoms with van der Waals surface area (Å²) in [6, 6.07) is 20.3. The van der Waals surface area contributed by atoms with Crippen molar-refractivity contribution in [1.82, 2.24) is 9.80 Å². The summed E-state index contributed by atoms with van der Waals surface area (Å²) in [6.07, 6.45) is 0. The molecule has 0 spiro atoms. The van der Waals surface area contributed by atoms with E-state index in [9.17, 15) is 4.79 Å². The molecule has 0 unspecified atom stereocenters. The van der Waals surface area contributed by atoms with Crippen LogP contribution in [0.5, 0.6) is 11.5 Å². The first-order valence-electron chi connectivity index (χ1n) is 10.2. The molecule has 5 rings (SSSR count). The third kappa shape index (κ3) is 3.78. The van der Waals surface area contributed by atoms with Gasteiger partial charge in [-0.15, -0.1) is 0 Å². The topological polar surface area (TPSA) is 42.0 Å². The van der Waals surface area contributed by atoms with E-state index >= 15 is 0 Å². The van der Waals surface area contributed by atoms with Crippen LogP contribution in [0.15, 0.2) is 60.7 Å². The standard InChI is InChI=1S/C24H24N2O3/c27-24(21-7-6-19-3-1-2-4-20(19)16-21)26-11-9-25(10-12-26)17-18-5-8-22-23(15-18)29-14-13-28-22/h1-8,15-16H,9-14,17H2. The molecular formula is C24H24N2O3. The monoisotopic (exact) mass is 388 g/mol. The van der Waals surface area contributed by atoms with E-state index in [4.69, 9.17) is 9.47 Å². The second-order valence-corrected chi connectivity index (χ2v) is 7.61. The summed E-state index contributed by atoms with van der Waals surface area (Å²) in [4.78, 5) is 17.3. The van der Waals surface area contributed by atoms with Crippen molar-refractivity contribution >= 4 is 16.7 Å². The number of hydrogen-bond acceptors (Lipinski definition) is 4. The second kappa shape index (κ2) is 7.76. The number of benzene rings is 3. The molecule has 0 bridgehead atoms. The number of nitrogens with zero attached hydrogens (tertiary/aromatic N) is 2. The maximum Gasteiger partial charge on any atom is 0.253 e. The minimum absolute atomic E-state index is 0.120. The molecule has 148 valence electrons. The highest BCUT2D eigenvalue weighted by atomic mass is 16.6. The predicted octanol–water partition coefficient (Wildman–Crippen LogP) is 3.57. The lowest BCUT2D eigenvalue weighted by atomic mass is 10.1. The minimum atomic E-state index is 0.120. The third-order valence-electron chi connectivity index (χ3n) is 5.67. The van der Waals surface area contributed by atoms with Crippen molar-refractivity contribution in [2.75, 3.05) is 39.4 Å². The zero-order valence-corrected chi connectivity index (χ0v) is 16.3. The average molecular weight is 388 g/mol. The largest absolute Gasteiger partial charge is 0.486 e. The SMILES string of the molecule is O=C(c1ccc2ccccc2c1)N1CCN(Cc2ccc3c(c2)OCCO3)CC1. The first-order valence-corrected chi connectivity index (χ1v) is 10.2. The van der Waals surface area contributed by atoms with Crippen LogP contribution in [0, 0.1) is 0 Å². The van der Waals surface area contributed by atoms with Gasteiger partial charge in [0.2, 0.25) is 0 Å². The van der Waals surface area contributed by atoms with Gasteiger partial charge in [-0.3, -0.25) is 9.69 Å². The summed E-state index contributed by atoms with van der Waals surface area (Å²) in [5.74, 6) is 1.78. The maximum atomic E-state index is 12.9. The van der Waals surface area contributed by atoms with E-state index in [1.807, 2.05) is 41.3 Å². The van der Waals surface area contributed by atoms with Gasteiger partial charge in [0, 0.05) is 38.3 Å². The molecule has 0 aromatic heterocycles. The molecule has 0 atom stereocenters. The molecule has 3 aromatic rings. The molecule has 0 saturated carbocycles. The maximum absolute atomic E-state index is 12.9. The normalized spacial score (nSPS) is 16.8. The molecule has 0 aliphatic carbocycles. The van der Waals surface area contributed by atoms with Gasteiger partial charge in [0.25, 0.3) is 5.91 Å². The molecule has 5 nitrogen and oxygen atoms in total. The fourth-order valence-corrected chi connectivity index (χ4v) is 4.06. The van der Waals surface area contributed by atoms with E-state index in [2.05, 4.69) is 29.2 Å². The molecular weight excluding hydrogens is 364 g/mol. The van der Waals surface area contributed by atoms with E-state index in [0.717, 1.165) is 60.6 Å². The van der Waals surface area contributed by atoms with Gasteiger partial charge in [0.1, 0.15) is 13.2 Å². The number of piperazine rings is 1. The number of rotatable bonds is 3. The van der Waals surface area contributed by atoms with Crippen LogP contribution >= 0.6 is 0 Å². The molecule has 5 heteroatoms. The highest BCUT2D eigenvalue weighted by Crippen LogP contribution is 2.31. The zero-order chi connectivity index (χ0) is 19.6. The van der Waals surface area contributed by atoms with Crippen LogP contribution in [0.4, 0.5) is 0 Å². The van der Waals surface area contributed by atoms with Crippen LogP contribution in [0.3, 0.4) is 0 Å². The summed E-state index contributed by atoms with van der Waals surface area (Å²) in [7, 11) is 0. The number of amides is 1. The van der Waals surface area contributed by atoms with Gasteiger partial charge in [0.05, 0.1) is 0 Å². The smallest absolute Gasteiger partial charge is 0.253 e. The van der Waals surface area contributed by atoms with Crippen molar-refractivity contribution in [3.05, 3.63) is 71.8 Å². The van der Waals surface area contributed by atoms with Gasteiger partial charge in [-0.1, -0.05) is 36.4 Å². The van der Waals surface area contributed by atoms with Crippen LogP contribution in [0.1, 0.15) is 15.9 Å². The van der Waals surface area contributed by atoms with Crippen molar-refractivity contribution < 1.29 is 14.3 Å². The molecule has 3 aromatic carbocycles. The fraction of sp³-hybridized carbons (Fsp3) is 0.292. The lowest BCUT2D eigenvalue weighted by Gasteiger charge is -2.35. The summed E-state index contributed by atoms with van der Waals surface area (Å²) >= 11 is 0. The Morgan fingerprint density at radius 2 is 1.55 bits per heavy atom. The summed E-state index contributed by atoms with van der Waals surface area (Å²) in [6.45, 7) is 5.30. The van der Waals surface area contributed by atoms with Crippen LogP contribution in [0.25, 0.3) is 10.8 Å². The lowest BCUT2D eigenvalue weighted by molar-refractivity contribution is 0.0628. The molecule has 1 fully saturated rings. The Bertz CT molecular complexity index is 1040. The Kier molecular flexibility index (Phi) is 4.82. The van der Waals surface area contributed by atoms with Gasteiger partial charge in [-0.05, 0) is 40.6 Å². The number of carbonyl (C=O) groups is 1. The summed E-state index contributed by atoms with van der Waals surface area (Å²) in [5, 5.41) is 2.27. The van der Waals surface area contributed by atoms with E-state index in [-0.39, 0.29) is 5.91 Å². The van der Waals surface area contributed by atoms with Crippen molar-refractivity contribution in [3.63, 3.8) is 0 Å². The first-order chi connectivity index (χ1) is 14.3. The van der Waals surface area contributed by atoms with Crippen LogP contribution < -0.4 is 9.47 Å². The molecule has 2 aliphatic rings. The first kappa shape index (κ1) is 18.0. The van der Waals surface area contributed by atoms with Crippen molar-refractivity contribution in [1.29, 1.82) is 0 Å². The lowest BCUT2D eigenvalue weighted by Crippen LogP contribution is -2.48. The van der Waals surface area contributed by atoms with Crippen molar-refractivity contribution in [3.8, 4) is 11.5 Å². The van der Waals surface area contributed by atoms with Gasteiger partial charge in [0.15, 0.2) is 11.5 Å². The molecule has 1 amide bonds. The number of hydrogen-bond donors (Lipinski definition) is 0. The Balaban J connectivity index is 1.21. The van der Waals surface area contributed by atoms with Gasteiger partial charge < -0.3 is 14.4 Å². The highest BCUT2D eigenvalue weighted by molar-refractivity contribution is 5.98. The van der Waals surface area contributed by atoms with Crippen LogP contribution in [-0.2, 0) is 6.54 Å². The molecule has 29 heavy (non-hydrogen) atoms. The number of ether oxygens (including phenoxy) is 2. The second-order valence-electron chi connectivity index (χ2n) is 7.61. The van der Waals surface area contributed by atoms with E-state index in [0.29, 0.717) is 13.2 Å². The van der Waals surface area contributed by atoms with Gasteiger partial charge in [-0.25, -0.2) is 0 Å². The Labute approximate surface area is 170 Å². The number of fused-ring (bicyclic) bond motifs is 2. The molecule has 0 N–H and O–H groups in total. The molecule has 2 aliphatic heterocycles. The predicted molar refractivity (Wildman–Crippen MR) is 113 cm³/mol. The molecule has 2 heterocycles. The van der Waals surface area contributed by atoms with Crippen LogP contribution in [-0.4, -0.2) is 55.1 Å². The van der Waals surface area contributed by atoms with Gasteiger partial charge >= 0.3 is 0 Å². The van der Waals surface area contributed by atoms with Gasteiger partial charge in [-0.2, -0.15) is 0 Å². The number of carbonyl (C=O) groups excluding carboxylic acids is 1. The highest BCUT2D eigenvalue weighted by Gasteiger charge is 2.23. The summed E-state index contributed by atoms with van der Waals surface area (Å²) in [5.41, 5.74) is 1.98. The Hall–Kier alpha value is -3.05. The van der Waals surface area contributed by atoms with Crippen LogP contribution in [0.2, 0.25) is 0 Å². The Morgan fingerprint density at radius 3 is 2.38 bits per heavy atom. The van der Waals surface area contributed by atoms with Crippen molar-refractivity contribution in [2.24, 2.45) is 0 Å². The van der Waals surface area contributed by atoms with E-state index in [1.165, 1.54) is 5.56 Å². The zero-order valence-electron chi connectivity index (χ0n) is 16.3.